The van der Waals surface area contributed by atoms with Crippen LogP contribution in [0.5, 0.6) is 5.75 Å². The van der Waals surface area contributed by atoms with Crippen molar-refractivity contribution in [3.63, 3.8) is 0 Å². The second-order valence-electron chi connectivity index (χ2n) is 7.35. The molecule has 0 N–H and O–H groups in total. The van der Waals surface area contributed by atoms with E-state index in [4.69, 9.17) is 4.74 Å². The van der Waals surface area contributed by atoms with Crippen LogP contribution in [0, 0.1) is 0 Å². The van der Waals surface area contributed by atoms with Gasteiger partial charge in [0.1, 0.15) is 5.75 Å². The predicted octanol–water partition coefficient (Wildman–Crippen LogP) is 4.38. The zero-order valence-corrected chi connectivity index (χ0v) is 18.1. The van der Waals surface area contributed by atoms with Gasteiger partial charge in [0.05, 0.1) is 34.0 Å². The van der Waals surface area contributed by atoms with Gasteiger partial charge in [-0.3, -0.25) is 9.78 Å². The molecule has 0 spiro atoms. The summed E-state index contributed by atoms with van der Waals surface area (Å²) in [5.41, 5.74) is -1.14. The smallest absolute Gasteiger partial charge is 0.425 e. The molecule has 0 saturated heterocycles. The molecule has 1 aromatic heterocycles. The SMILES string of the molecule is CCS(=O)(=O)c1ccc(OC(C)C(F)(F)F)c(C(=O)N2Cc3cc(C(F)(F)F)cnc3C2)c1. The van der Waals surface area contributed by atoms with Crippen LogP contribution >= 0.6 is 0 Å². The first-order valence-electron chi connectivity index (χ1n) is 9.58. The van der Waals surface area contributed by atoms with Crippen LogP contribution in [0.25, 0.3) is 0 Å². The number of alkyl halides is 6. The van der Waals surface area contributed by atoms with Crippen LogP contribution in [0.1, 0.15) is 41.0 Å². The number of fused-ring (bicyclic) bond motifs is 1. The van der Waals surface area contributed by atoms with Gasteiger partial charge in [0.2, 0.25) is 0 Å². The highest BCUT2D eigenvalue weighted by Crippen LogP contribution is 2.34. The lowest BCUT2D eigenvalue weighted by Crippen LogP contribution is -2.32. The topological polar surface area (TPSA) is 76.6 Å². The molecule has 1 aromatic carbocycles. The van der Waals surface area contributed by atoms with Gasteiger partial charge in [0.15, 0.2) is 15.9 Å². The minimum atomic E-state index is -4.75. The molecule has 3 rings (SSSR count). The van der Waals surface area contributed by atoms with E-state index < -0.39 is 51.1 Å². The molecule has 2 heterocycles. The summed E-state index contributed by atoms with van der Waals surface area (Å²) in [5.74, 6) is -1.72. The van der Waals surface area contributed by atoms with E-state index >= 15 is 0 Å². The summed E-state index contributed by atoms with van der Waals surface area (Å²) in [6, 6.07) is 3.75. The lowest BCUT2D eigenvalue weighted by atomic mass is 10.1. The summed E-state index contributed by atoms with van der Waals surface area (Å²) in [7, 11) is -3.81. The second-order valence-corrected chi connectivity index (χ2v) is 9.63. The molecule has 0 bridgehead atoms. The maximum Gasteiger partial charge on any atom is 0.425 e. The molecular formula is C20H18F6N2O4S. The van der Waals surface area contributed by atoms with Gasteiger partial charge in [-0.15, -0.1) is 0 Å². The van der Waals surface area contributed by atoms with Gasteiger partial charge in [0.25, 0.3) is 5.91 Å². The fraction of sp³-hybridized carbons (Fsp3) is 0.400. The Labute approximate surface area is 185 Å². The normalized spacial score (nSPS) is 15.3. The third-order valence-corrected chi connectivity index (χ3v) is 6.79. The fourth-order valence-corrected chi connectivity index (χ4v) is 4.03. The van der Waals surface area contributed by atoms with Crippen molar-refractivity contribution in [3.8, 4) is 5.75 Å². The number of hydrogen-bond acceptors (Lipinski definition) is 5. The van der Waals surface area contributed by atoms with Gasteiger partial charge in [0, 0.05) is 12.7 Å². The first-order valence-corrected chi connectivity index (χ1v) is 11.2. The number of nitrogens with zero attached hydrogens (tertiary/aromatic N) is 2. The van der Waals surface area contributed by atoms with Crippen molar-refractivity contribution in [2.24, 2.45) is 0 Å². The number of sulfone groups is 1. The third-order valence-electron chi connectivity index (χ3n) is 5.06. The molecule has 0 fully saturated rings. The maximum absolute atomic E-state index is 13.1. The molecule has 1 aliphatic rings. The van der Waals surface area contributed by atoms with Crippen molar-refractivity contribution in [1.29, 1.82) is 0 Å². The molecule has 180 valence electrons. The van der Waals surface area contributed by atoms with Crippen molar-refractivity contribution in [2.45, 2.75) is 50.3 Å². The van der Waals surface area contributed by atoms with Gasteiger partial charge < -0.3 is 9.64 Å². The van der Waals surface area contributed by atoms with E-state index in [-0.39, 0.29) is 35.0 Å². The van der Waals surface area contributed by atoms with Crippen LogP contribution < -0.4 is 4.74 Å². The highest BCUT2D eigenvalue weighted by molar-refractivity contribution is 7.91. The Morgan fingerprint density at radius 1 is 1.15 bits per heavy atom. The number of halogens is 6. The Kier molecular flexibility index (Phi) is 6.39. The maximum atomic E-state index is 13.1. The van der Waals surface area contributed by atoms with E-state index in [0.29, 0.717) is 6.20 Å². The summed E-state index contributed by atoms with van der Waals surface area (Å²) in [6.45, 7) is 1.59. The van der Waals surface area contributed by atoms with Crippen LogP contribution in [0.2, 0.25) is 0 Å². The monoisotopic (exact) mass is 496 g/mol. The number of pyridine rings is 1. The molecule has 0 aliphatic carbocycles. The van der Waals surface area contributed by atoms with E-state index in [2.05, 4.69) is 4.98 Å². The number of rotatable bonds is 5. The zero-order chi connectivity index (χ0) is 24.8. The molecule has 0 saturated carbocycles. The van der Waals surface area contributed by atoms with Crippen LogP contribution in [-0.2, 0) is 29.1 Å². The van der Waals surface area contributed by atoms with Crippen molar-refractivity contribution in [2.75, 3.05) is 5.75 Å². The molecule has 1 amide bonds. The number of benzene rings is 1. The Morgan fingerprint density at radius 3 is 2.39 bits per heavy atom. The summed E-state index contributed by atoms with van der Waals surface area (Å²) >= 11 is 0. The average Bonchev–Trinajstić information content (AvgIpc) is 3.15. The Morgan fingerprint density at radius 2 is 1.82 bits per heavy atom. The van der Waals surface area contributed by atoms with Gasteiger partial charge in [-0.1, -0.05) is 6.92 Å². The molecule has 13 heteroatoms. The largest absolute Gasteiger partial charge is 0.480 e. The molecule has 0 radical (unpaired) electrons. The first-order chi connectivity index (χ1) is 15.1. The van der Waals surface area contributed by atoms with E-state index in [9.17, 15) is 39.6 Å². The van der Waals surface area contributed by atoms with E-state index in [1.54, 1.807) is 0 Å². The Bertz CT molecular complexity index is 1180. The molecule has 1 unspecified atom stereocenters. The van der Waals surface area contributed by atoms with Gasteiger partial charge in [-0.05, 0) is 36.8 Å². The summed E-state index contributed by atoms with van der Waals surface area (Å²) in [5, 5.41) is 0. The highest BCUT2D eigenvalue weighted by atomic mass is 32.2. The number of carbonyl (C=O) groups is 1. The Balaban J connectivity index is 1.98. The second kappa shape index (κ2) is 8.50. The predicted molar refractivity (Wildman–Crippen MR) is 103 cm³/mol. The molecule has 1 atom stereocenters. The van der Waals surface area contributed by atoms with Crippen molar-refractivity contribution < 1.29 is 44.3 Å². The number of hydrogen-bond donors (Lipinski definition) is 0. The van der Waals surface area contributed by atoms with Gasteiger partial charge >= 0.3 is 12.4 Å². The molecular weight excluding hydrogens is 478 g/mol. The quantitative estimate of drug-likeness (QED) is 0.575. The van der Waals surface area contributed by atoms with Gasteiger partial charge in [-0.2, -0.15) is 26.3 Å². The number of aromatic nitrogens is 1. The number of ether oxygens (including phenoxy) is 1. The molecule has 6 nitrogen and oxygen atoms in total. The van der Waals surface area contributed by atoms with E-state index in [1.807, 2.05) is 0 Å². The average molecular weight is 496 g/mol. The van der Waals surface area contributed by atoms with E-state index in [1.165, 1.54) is 6.92 Å². The number of amides is 1. The summed E-state index contributed by atoms with van der Waals surface area (Å²) < 4.78 is 107. The van der Waals surface area contributed by atoms with Crippen molar-refractivity contribution in [1.82, 2.24) is 9.88 Å². The summed E-state index contributed by atoms with van der Waals surface area (Å²) in [6.07, 6.45) is -11.1. The lowest BCUT2D eigenvalue weighted by Gasteiger charge is -2.22. The van der Waals surface area contributed by atoms with Crippen LogP contribution in [-0.4, -0.2) is 42.2 Å². The summed E-state index contributed by atoms with van der Waals surface area (Å²) in [4.78, 5) is 17.6. The van der Waals surface area contributed by atoms with Crippen LogP contribution in [0.3, 0.4) is 0 Å². The Hall–Kier alpha value is -2.83. The van der Waals surface area contributed by atoms with Crippen LogP contribution in [0.4, 0.5) is 26.3 Å². The van der Waals surface area contributed by atoms with Crippen LogP contribution in [0.15, 0.2) is 35.4 Å². The fourth-order valence-electron chi connectivity index (χ4n) is 3.13. The number of carbonyl (C=O) groups excluding carboxylic acids is 1. The molecule has 33 heavy (non-hydrogen) atoms. The minimum absolute atomic E-state index is 0.127. The first kappa shape index (κ1) is 24.8. The molecule has 1 aliphatic heterocycles. The van der Waals surface area contributed by atoms with E-state index in [0.717, 1.165) is 36.1 Å². The van der Waals surface area contributed by atoms with Crippen molar-refractivity contribution >= 4 is 15.7 Å². The molecule has 2 aromatic rings. The lowest BCUT2D eigenvalue weighted by molar-refractivity contribution is -0.189. The minimum Gasteiger partial charge on any atom is -0.480 e. The highest BCUT2D eigenvalue weighted by Gasteiger charge is 2.39. The third kappa shape index (κ3) is 5.23. The van der Waals surface area contributed by atoms with Crippen molar-refractivity contribution in [3.05, 3.63) is 52.8 Å². The zero-order valence-electron chi connectivity index (χ0n) is 17.3. The standard InChI is InChI=1S/C20H18F6N2O4S/c1-3-33(30,31)14-4-5-17(32-11(2)19(21,22)23)15(7-14)18(29)28-9-12-6-13(20(24,25)26)8-27-16(12)10-28/h4-8,11H,3,9-10H2,1-2H3. The van der Waals surface area contributed by atoms with Gasteiger partial charge in [-0.25, -0.2) is 8.42 Å².